The SMILES string of the molecule is Cc1ccc2c(n1)oc1c(-c3ccccn3)ccc(-c3ccccc3-c3cc(CCc4ccc(-c5ccccn5)cc4)cc(CCc4ccc(-c5ccccn5)cc4)c3)c12. The Labute approximate surface area is 350 Å². The molecule has 0 aliphatic rings. The number of furan rings is 1. The highest BCUT2D eigenvalue weighted by atomic mass is 16.3. The summed E-state index contributed by atoms with van der Waals surface area (Å²) in [6, 6.07) is 60.3. The van der Waals surface area contributed by atoms with E-state index in [1.165, 1.54) is 33.4 Å². The van der Waals surface area contributed by atoms with Crippen LogP contribution in [0, 0.1) is 6.92 Å². The monoisotopic (exact) mass is 774 g/mol. The average Bonchev–Trinajstić information content (AvgIpc) is 3.70. The lowest BCUT2D eigenvalue weighted by molar-refractivity contribution is 0.653. The van der Waals surface area contributed by atoms with Crippen LogP contribution >= 0.6 is 0 Å². The fourth-order valence-electron chi connectivity index (χ4n) is 8.31. The minimum absolute atomic E-state index is 0.637. The highest BCUT2D eigenvalue weighted by Gasteiger charge is 2.21. The van der Waals surface area contributed by atoms with Crippen molar-refractivity contribution >= 4 is 22.1 Å². The Morgan fingerprint density at radius 3 is 1.48 bits per heavy atom. The Kier molecular flexibility index (Phi) is 10.1. The standard InChI is InChI=1S/C55H42N4O/c1-37-15-28-49-53-47(29-30-48(52-14-6-9-33-58-52)54(53)60-55(49)59-37)46-11-3-2-10-45(46)44-35-40(18-16-38-20-24-42(25-21-38)50-12-4-7-31-56-50)34-41(36-44)19-17-39-22-26-43(27-23-39)51-13-5-8-32-57-51/h2-15,20-36H,16-19H2,1H3. The van der Waals surface area contributed by atoms with Gasteiger partial charge in [-0.2, -0.15) is 0 Å². The van der Waals surface area contributed by atoms with Crippen LogP contribution in [0.3, 0.4) is 0 Å². The minimum Gasteiger partial charge on any atom is -0.437 e. The molecule has 0 saturated heterocycles. The maximum absolute atomic E-state index is 6.62. The highest BCUT2D eigenvalue weighted by Crippen LogP contribution is 2.44. The Morgan fingerprint density at radius 2 is 0.917 bits per heavy atom. The third-order valence-corrected chi connectivity index (χ3v) is 11.4. The van der Waals surface area contributed by atoms with Crippen molar-refractivity contribution in [2.45, 2.75) is 32.6 Å². The molecule has 10 rings (SSSR count). The fraction of sp³-hybridized carbons (Fsp3) is 0.0909. The second kappa shape index (κ2) is 16.4. The fourth-order valence-corrected chi connectivity index (χ4v) is 8.31. The van der Waals surface area contributed by atoms with Crippen LogP contribution in [-0.2, 0) is 25.7 Å². The number of pyridine rings is 4. The molecule has 0 fully saturated rings. The molecule has 0 saturated carbocycles. The minimum atomic E-state index is 0.637. The Morgan fingerprint density at radius 1 is 0.400 bits per heavy atom. The number of rotatable bonds is 11. The van der Waals surface area contributed by atoms with Crippen molar-refractivity contribution in [2.24, 2.45) is 0 Å². The normalized spacial score (nSPS) is 11.3. The first-order chi connectivity index (χ1) is 29.6. The Bertz CT molecular complexity index is 2960. The van der Waals surface area contributed by atoms with E-state index in [1.54, 1.807) is 0 Å². The van der Waals surface area contributed by atoms with Crippen molar-refractivity contribution in [2.75, 3.05) is 0 Å². The third kappa shape index (κ3) is 7.61. The van der Waals surface area contributed by atoms with Gasteiger partial charge in [-0.15, -0.1) is 0 Å². The molecule has 60 heavy (non-hydrogen) atoms. The number of hydrogen-bond acceptors (Lipinski definition) is 5. The molecule has 288 valence electrons. The van der Waals surface area contributed by atoms with E-state index in [9.17, 15) is 0 Å². The van der Waals surface area contributed by atoms with E-state index in [-0.39, 0.29) is 0 Å². The third-order valence-electron chi connectivity index (χ3n) is 11.4. The van der Waals surface area contributed by atoms with Gasteiger partial charge in [0, 0.05) is 51.7 Å². The van der Waals surface area contributed by atoms with Crippen molar-refractivity contribution in [3.8, 4) is 56.0 Å². The molecule has 0 unspecified atom stereocenters. The predicted octanol–water partition coefficient (Wildman–Crippen LogP) is 13.4. The molecule has 5 heteroatoms. The largest absolute Gasteiger partial charge is 0.437 e. The quantitative estimate of drug-likeness (QED) is 0.131. The topological polar surface area (TPSA) is 64.7 Å². The van der Waals surface area contributed by atoms with Gasteiger partial charge in [0.05, 0.1) is 17.1 Å². The number of fused-ring (bicyclic) bond motifs is 3. The van der Waals surface area contributed by atoms with Gasteiger partial charge in [0.1, 0.15) is 5.58 Å². The molecule has 0 aliphatic heterocycles. The van der Waals surface area contributed by atoms with Crippen LogP contribution in [0.2, 0.25) is 0 Å². The average molecular weight is 775 g/mol. The maximum Gasteiger partial charge on any atom is 0.227 e. The van der Waals surface area contributed by atoms with Gasteiger partial charge in [0.15, 0.2) is 0 Å². The van der Waals surface area contributed by atoms with E-state index in [1.807, 2.05) is 68.0 Å². The van der Waals surface area contributed by atoms with E-state index < -0.39 is 0 Å². The van der Waals surface area contributed by atoms with Crippen molar-refractivity contribution in [1.29, 1.82) is 0 Å². The summed E-state index contributed by atoms with van der Waals surface area (Å²) in [5.41, 5.74) is 18.3. The van der Waals surface area contributed by atoms with Gasteiger partial charge in [-0.1, -0.05) is 115 Å². The molecule has 0 N–H and O–H groups in total. The van der Waals surface area contributed by atoms with E-state index in [2.05, 4.69) is 137 Å². The summed E-state index contributed by atoms with van der Waals surface area (Å²) in [4.78, 5) is 18.6. The zero-order valence-corrected chi connectivity index (χ0v) is 33.4. The van der Waals surface area contributed by atoms with E-state index in [4.69, 9.17) is 14.4 Å². The molecule has 5 heterocycles. The van der Waals surface area contributed by atoms with Gasteiger partial charge in [-0.05, 0) is 132 Å². The number of benzene rings is 5. The molecular formula is C55H42N4O. The van der Waals surface area contributed by atoms with Gasteiger partial charge < -0.3 is 4.42 Å². The first-order valence-electron chi connectivity index (χ1n) is 20.6. The number of aromatic nitrogens is 4. The first-order valence-corrected chi connectivity index (χ1v) is 20.6. The molecule has 5 aromatic carbocycles. The van der Waals surface area contributed by atoms with Crippen molar-refractivity contribution in [3.05, 3.63) is 216 Å². The van der Waals surface area contributed by atoms with Crippen LogP contribution in [0.15, 0.2) is 193 Å². The zero-order chi connectivity index (χ0) is 40.3. The molecule has 0 bridgehead atoms. The molecule has 5 nitrogen and oxygen atoms in total. The van der Waals surface area contributed by atoms with Gasteiger partial charge in [0.25, 0.3) is 0 Å². The summed E-state index contributed by atoms with van der Waals surface area (Å²) in [5, 5.41) is 2.04. The van der Waals surface area contributed by atoms with E-state index in [0.717, 1.165) is 92.6 Å². The van der Waals surface area contributed by atoms with Crippen LogP contribution in [0.5, 0.6) is 0 Å². The molecule has 0 atom stereocenters. The van der Waals surface area contributed by atoms with E-state index in [0.29, 0.717) is 5.71 Å². The number of hydrogen-bond donors (Lipinski definition) is 0. The maximum atomic E-state index is 6.62. The lowest BCUT2D eigenvalue weighted by Gasteiger charge is -2.16. The van der Waals surface area contributed by atoms with Gasteiger partial charge in [-0.3, -0.25) is 15.0 Å². The van der Waals surface area contributed by atoms with Crippen LogP contribution in [0.1, 0.15) is 27.9 Å². The molecule has 0 amide bonds. The Hall–Kier alpha value is -7.50. The van der Waals surface area contributed by atoms with Crippen LogP contribution in [0.4, 0.5) is 0 Å². The summed E-state index contributed by atoms with van der Waals surface area (Å²) in [7, 11) is 0. The Balaban J connectivity index is 1.03. The summed E-state index contributed by atoms with van der Waals surface area (Å²) in [6.07, 6.45) is 9.23. The molecule has 5 aromatic heterocycles. The lowest BCUT2D eigenvalue weighted by atomic mass is 9.88. The molecule has 0 spiro atoms. The van der Waals surface area contributed by atoms with Gasteiger partial charge >= 0.3 is 0 Å². The molecule has 0 aliphatic carbocycles. The van der Waals surface area contributed by atoms with Crippen LogP contribution in [-0.4, -0.2) is 19.9 Å². The summed E-state index contributed by atoms with van der Waals surface area (Å²) in [6.45, 7) is 2.00. The molecule has 10 aromatic rings. The number of nitrogens with zero attached hydrogens (tertiary/aromatic N) is 4. The van der Waals surface area contributed by atoms with Crippen LogP contribution in [0.25, 0.3) is 78.1 Å². The molecular weight excluding hydrogens is 733 g/mol. The van der Waals surface area contributed by atoms with Crippen molar-refractivity contribution in [1.82, 2.24) is 19.9 Å². The predicted molar refractivity (Wildman–Crippen MR) is 245 cm³/mol. The van der Waals surface area contributed by atoms with Crippen molar-refractivity contribution < 1.29 is 4.42 Å². The summed E-state index contributed by atoms with van der Waals surface area (Å²) >= 11 is 0. The van der Waals surface area contributed by atoms with Gasteiger partial charge in [0.2, 0.25) is 5.71 Å². The first kappa shape index (κ1) is 36.8. The second-order valence-electron chi connectivity index (χ2n) is 15.4. The van der Waals surface area contributed by atoms with E-state index >= 15 is 0 Å². The summed E-state index contributed by atoms with van der Waals surface area (Å²) < 4.78 is 6.62. The smallest absolute Gasteiger partial charge is 0.227 e. The second-order valence-corrected chi connectivity index (χ2v) is 15.4. The zero-order valence-electron chi connectivity index (χ0n) is 33.4. The highest BCUT2D eigenvalue weighted by molar-refractivity contribution is 6.16. The van der Waals surface area contributed by atoms with Crippen LogP contribution < -0.4 is 0 Å². The van der Waals surface area contributed by atoms with Gasteiger partial charge in [-0.25, -0.2) is 4.98 Å². The number of aryl methyl sites for hydroxylation is 5. The lowest BCUT2D eigenvalue weighted by Crippen LogP contribution is -1.98. The molecule has 0 radical (unpaired) electrons. The summed E-state index contributed by atoms with van der Waals surface area (Å²) in [5.74, 6) is 0. The van der Waals surface area contributed by atoms with Crippen molar-refractivity contribution in [3.63, 3.8) is 0 Å².